The summed E-state index contributed by atoms with van der Waals surface area (Å²) >= 11 is 0. The summed E-state index contributed by atoms with van der Waals surface area (Å²) in [5, 5.41) is 6.20. The van der Waals surface area contributed by atoms with Crippen LogP contribution in [-0.2, 0) is 5.41 Å². The molecule has 7 aromatic rings. The third-order valence-electron chi connectivity index (χ3n) is 11.9. The summed E-state index contributed by atoms with van der Waals surface area (Å²) in [6.07, 6.45) is 11.3. The van der Waals surface area contributed by atoms with Crippen molar-refractivity contribution >= 4 is 27.8 Å². The van der Waals surface area contributed by atoms with Crippen LogP contribution < -0.4 is 5.32 Å². The largest absolute Gasteiger partial charge is 0.456 e. The molecule has 262 valence electrons. The lowest BCUT2D eigenvalue weighted by Crippen LogP contribution is -2.34. The van der Waals surface area contributed by atoms with Crippen LogP contribution >= 0.6 is 0 Å². The number of hydrogen-bond acceptors (Lipinski definition) is 3. The summed E-state index contributed by atoms with van der Waals surface area (Å²) in [6.45, 7) is 4.86. The fourth-order valence-corrected chi connectivity index (χ4v) is 9.29. The lowest BCUT2D eigenvalue weighted by Gasteiger charge is -2.36. The van der Waals surface area contributed by atoms with Crippen molar-refractivity contribution in [3.63, 3.8) is 0 Å². The number of nitrogens with one attached hydrogen (secondary N) is 1. The van der Waals surface area contributed by atoms with E-state index in [1.165, 1.54) is 44.5 Å². The summed E-state index contributed by atoms with van der Waals surface area (Å²) in [5.74, 6) is 1.41. The van der Waals surface area contributed by atoms with Crippen molar-refractivity contribution in [3.05, 3.63) is 203 Å². The molecule has 3 unspecified atom stereocenters. The summed E-state index contributed by atoms with van der Waals surface area (Å²) in [6, 6.07) is 52.3. The maximum atomic E-state index is 6.37. The maximum absolute atomic E-state index is 6.37. The molecule has 3 heteroatoms. The van der Waals surface area contributed by atoms with Gasteiger partial charge in [-0.3, -0.25) is 4.99 Å². The number of benzene rings is 6. The third-order valence-corrected chi connectivity index (χ3v) is 11.9. The minimum Gasteiger partial charge on any atom is -0.456 e. The highest BCUT2D eigenvalue weighted by atomic mass is 16.3. The predicted octanol–water partition coefficient (Wildman–Crippen LogP) is 12.9. The van der Waals surface area contributed by atoms with Crippen molar-refractivity contribution in [2.75, 3.05) is 0 Å². The number of rotatable bonds is 5. The molecule has 0 saturated heterocycles. The zero-order valence-corrected chi connectivity index (χ0v) is 30.7. The van der Waals surface area contributed by atoms with Crippen LogP contribution in [0.25, 0.3) is 44.2 Å². The second-order valence-corrected chi connectivity index (χ2v) is 15.5. The molecule has 1 aromatic heterocycles. The molecule has 0 amide bonds. The van der Waals surface area contributed by atoms with E-state index in [9.17, 15) is 0 Å². The Balaban J connectivity index is 1.02. The Morgan fingerprint density at radius 2 is 1.35 bits per heavy atom. The summed E-state index contributed by atoms with van der Waals surface area (Å²) < 4.78 is 6.37. The molecule has 0 radical (unpaired) electrons. The van der Waals surface area contributed by atoms with Gasteiger partial charge in [0.25, 0.3) is 0 Å². The van der Waals surface area contributed by atoms with Crippen LogP contribution in [0.3, 0.4) is 0 Å². The van der Waals surface area contributed by atoms with E-state index in [0.29, 0.717) is 0 Å². The van der Waals surface area contributed by atoms with E-state index in [-0.39, 0.29) is 23.3 Å². The van der Waals surface area contributed by atoms with E-state index in [1.807, 2.05) is 12.1 Å². The van der Waals surface area contributed by atoms with Crippen molar-refractivity contribution in [3.8, 4) is 22.3 Å². The molecular weight excluding hydrogens is 657 g/mol. The molecule has 0 fully saturated rings. The topological polar surface area (TPSA) is 37.5 Å². The van der Waals surface area contributed by atoms with Gasteiger partial charge in [0.15, 0.2) is 0 Å². The number of fused-ring (bicyclic) bond motifs is 6. The zero-order valence-electron chi connectivity index (χ0n) is 30.7. The first kappa shape index (κ1) is 32.5. The van der Waals surface area contributed by atoms with Gasteiger partial charge in [-0.05, 0) is 87.0 Å². The van der Waals surface area contributed by atoms with Gasteiger partial charge >= 0.3 is 0 Å². The van der Waals surface area contributed by atoms with Crippen molar-refractivity contribution in [1.82, 2.24) is 5.32 Å². The lowest BCUT2D eigenvalue weighted by atomic mass is 9.69. The molecule has 1 aliphatic heterocycles. The second-order valence-electron chi connectivity index (χ2n) is 15.5. The van der Waals surface area contributed by atoms with Gasteiger partial charge in [-0.2, -0.15) is 0 Å². The fraction of sp³-hybridized carbons (Fsp3) is 0.157. The van der Waals surface area contributed by atoms with Gasteiger partial charge in [0.2, 0.25) is 0 Å². The van der Waals surface area contributed by atoms with Crippen LogP contribution in [0.1, 0.15) is 60.9 Å². The number of furan rings is 1. The zero-order chi connectivity index (χ0) is 36.2. The van der Waals surface area contributed by atoms with E-state index in [0.717, 1.165) is 51.9 Å². The first-order valence-corrected chi connectivity index (χ1v) is 19.2. The molecular formula is C51H42N2O. The molecule has 6 aromatic carbocycles. The molecule has 3 atom stereocenters. The molecule has 0 saturated carbocycles. The highest BCUT2D eigenvalue weighted by Crippen LogP contribution is 2.57. The standard InChI is InChI=1S/C51H42N2O/c1-51(2)44-29-27-37(36-19-11-18-35(30-36)33-14-5-3-6-15-33)31-43(44)41-21-12-22-42(49(41)51)46-24-13-23-45(34-16-7-4-8-17-34)52-50(53-46)38-26-28-40-39-20-9-10-25-47(39)54-48(40)32-38/h3-12,14-22,24-32,41,45,49H,13,23H2,1-2H3,(H,52,53). The Kier molecular flexibility index (Phi) is 7.84. The van der Waals surface area contributed by atoms with E-state index < -0.39 is 0 Å². The lowest BCUT2D eigenvalue weighted by molar-refractivity contribution is 0.376. The molecule has 1 N–H and O–H groups in total. The Hall–Kier alpha value is -6.19. The van der Waals surface area contributed by atoms with Crippen LogP contribution in [-0.4, -0.2) is 5.84 Å². The molecule has 10 rings (SSSR count). The molecule has 54 heavy (non-hydrogen) atoms. The average molecular weight is 699 g/mol. The maximum Gasteiger partial charge on any atom is 0.136 e. The van der Waals surface area contributed by atoms with Crippen LogP contribution in [0, 0.1) is 5.92 Å². The molecule has 2 heterocycles. The van der Waals surface area contributed by atoms with Crippen molar-refractivity contribution < 1.29 is 4.42 Å². The molecule has 0 spiro atoms. The third kappa shape index (κ3) is 5.54. The number of para-hydroxylation sites is 1. The summed E-state index contributed by atoms with van der Waals surface area (Å²) in [4.78, 5) is 5.50. The predicted molar refractivity (Wildman–Crippen MR) is 224 cm³/mol. The van der Waals surface area contributed by atoms with E-state index in [4.69, 9.17) is 9.41 Å². The fourth-order valence-electron chi connectivity index (χ4n) is 9.29. The quantitative estimate of drug-likeness (QED) is 0.194. The summed E-state index contributed by atoms with van der Waals surface area (Å²) in [7, 11) is 0. The number of nitrogens with zero attached hydrogens (tertiary/aromatic N) is 1. The highest BCUT2D eigenvalue weighted by molar-refractivity contribution is 6.09. The minimum atomic E-state index is -0.0804. The first-order chi connectivity index (χ1) is 26.5. The monoisotopic (exact) mass is 698 g/mol. The Morgan fingerprint density at radius 1 is 0.648 bits per heavy atom. The van der Waals surface area contributed by atoms with Crippen LogP contribution in [0.2, 0.25) is 0 Å². The Bertz CT molecular complexity index is 2670. The van der Waals surface area contributed by atoms with Gasteiger partial charge in [0, 0.05) is 33.9 Å². The molecule has 2 aliphatic carbocycles. The van der Waals surface area contributed by atoms with Gasteiger partial charge in [-0.15, -0.1) is 0 Å². The summed E-state index contributed by atoms with van der Waals surface area (Å²) in [5.41, 5.74) is 14.3. The van der Waals surface area contributed by atoms with Crippen LogP contribution in [0.15, 0.2) is 191 Å². The number of allylic oxidation sites excluding steroid dienone is 5. The molecule has 3 aliphatic rings. The van der Waals surface area contributed by atoms with Crippen LogP contribution in [0.5, 0.6) is 0 Å². The second kappa shape index (κ2) is 13.0. The smallest absolute Gasteiger partial charge is 0.136 e. The van der Waals surface area contributed by atoms with Gasteiger partial charge in [-0.1, -0.05) is 159 Å². The van der Waals surface area contributed by atoms with Crippen molar-refractivity contribution in [2.45, 2.75) is 44.1 Å². The molecule has 3 nitrogen and oxygen atoms in total. The van der Waals surface area contributed by atoms with Gasteiger partial charge in [0.05, 0.1) is 6.04 Å². The van der Waals surface area contributed by atoms with Gasteiger partial charge in [-0.25, -0.2) is 0 Å². The number of hydrogen-bond donors (Lipinski definition) is 1. The molecule has 0 bridgehead atoms. The van der Waals surface area contributed by atoms with Crippen LogP contribution in [0.4, 0.5) is 0 Å². The van der Waals surface area contributed by atoms with Crippen molar-refractivity contribution in [2.24, 2.45) is 10.9 Å². The normalized spacial score (nSPS) is 20.3. The van der Waals surface area contributed by atoms with E-state index >= 15 is 0 Å². The SMILES string of the molecule is CC1(C)c2ccc(-c3cccc(-c4ccccc4)c3)cc2C2C=CC=C(C3=CCCC(c4ccccc4)N=C(c4ccc5c(c4)oc4ccccc45)N3)C21. The number of aliphatic imine (C=N–C) groups is 1. The highest BCUT2D eigenvalue weighted by Gasteiger charge is 2.48. The van der Waals surface area contributed by atoms with Gasteiger partial charge in [0.1, 0.15) is 17.0 Å². The first-order valence-electron chi connectivity index (χ1n) is 19.2. The Labute approximate surface area is 317 Å². The minimum absolute atomic E-state index is 0.0387. The Morgan fingerprint density at radius 3 is 2.20 bits per heavy atom. The van der Waals surface area contributed by atoms with Crippen molar-refractivity contribution in [1.29, 1.82) is 0 Å². The van der Waals surface area contributed by atoms with E-state index in [2.05, 4.69) is 177 Å². The average Bonchev–Trinajstić information content (AvgIpc) is 3.70. The van der Waals surface area contributed by atoms with Gasteiger partial charge < -0.3 is 9.73 Å². The number of amidine groups is 1. The van der Waals surface area contributed by atoms with E-state index in [1.54, 1.807) is 0 Å².